The SMILES string of the molecule is CCN(CCCN(C)C)c1nc(Cl)c(CO)s1. The monoisotopic (exact) mass is 277 g/mol. The number of thiazole rings is 1. The van der Waals surface area contributed by atoms with Crippen LogP contribution < -0.4 is 4.90 Å². The number of nitrogens with zero attached hydrogens (tertiary/aromatic N) is 3. The average molecular weight is 278 g/mol. The smallest absolute Gasteiger partial charge is 0.187 e. The van der Waals surface area contributed by atoms with Crippen LogP contribution in [-0.2, 0) is 6.61 Å². The lowest BCUT2D eigenvalue weighted by Crippen LogP contribution is -2.26. The molecule has 4 nitrogen and oxygen atoms in total. The largest absolute Gasteiger partial charge is 0.391 e. The molecule has 1 heterocycles. The molecule has 0 unspecified atom stereocenters. The summed E-state index contributed by atoms with van der Waals surface area (Å²) in [5.41, 5.74) is 0. The predicted molar refractivity (Wildman–Crippen MR) is 74.1 cm³/mol. The maximum Gasteiger partial charge on any atom is 0.187 e. The molecule has 0 radical (unpaired) electrons. The summed E-state index contributed by atoms with van der Waals surface area (Å²) >= 11 is 7.41. The van der Waals surface area contributed by atoms with E-state index in [0.29, 0.717) is 5.15 Å². The highest BCUT2D eigenvalue weighted by molar-refractivity contribution is 7.16. The van der Waals surface area contributed by atoms with Crippen molar-refractivity contribution in [3.63, 3.8) is 0 Å². The van der Waals surface area contributed by atoms with Gasteiger partial charge < -0.3 is 14.9 Å². The normalized spacial score (nSPS) is 11.2. The Labute approximate surface area is 112 Å². The number of rotatable bonds is 7. The van der Waals surface area contributed by atoms with Gasteiger partial charge in [0, 0.05) is 13.1 Å². The second-order valence-corrected chi connectivity index (χ2v) is 5.53. The van der Waals surface area contributed by atoms with Crippen LogP contribution in [-0.4, -0.2) is 48.7 Å². The molecular formula is C11H20ClN3OS. The maximum atomic E-state index is 9.10. The molecule has 1 aromatic rings. The standard InChI is InChI=1S/C11H20ClN3OS/c1-4-15(7-5-6-14(2)3)11-13-10(12)9(8-16)17-11/h16H,4-8H2,1-3H3. The Bertz CT molecular complexity index is 343. The Morgan fingerprint density at radius 3 is 2.53 bits per heavy atom. The van der Waals surface area contributed by atoms with Gasteiger partial charge in [-0.25, -0.2) is 4.98 Å². The second-order valence-electron chi connectivity index (χ2n) is 4.11. The third kappa shape index (κ3) is 4.43. The maximum absolute atomic E-state index is 9.10. The molecule has 0 aromatic carbocycles. The van der Waals surface area contributed by atoms with Crippen LogP contribution in [0.4, 0.5) is 5.13 Å². The molecule has 0 amide bonds. The van der Waals surface area contributed by atoms with Gasteiger partial charge in [0.05, 0.1) is 11.5 Å². The molecule has 0 aliphatic heterocycles. The molecule has 0 saturated carbocycles. The van der Waals surface area contributed by atoms with E-state index in [-0.39, 0.29) is 6.61 Å². The van der Waals surface area contributed by atoms with Crippen LogP contribution in [0.3, 0.4) is 0 Å². The van der Waals surface area contributed by atoms with E-state index in [1.165, 1.54) is 11.3 Å². The zero-order chi connectivity index (χ0) is 12.8. The van der Waals surface area contributed by atoms with E-state index < -0.39 is 0 Å². The molecule has 0 aliphatic carbocycles. The Kier molecular flexibility index (Phi) is 6.19. The summed E-state index contributed by atoms with van der Waals surface area (Å²) in [7, 11) is 4.14. The molecule has 0 spiro atoms. The van der Waals surface area contributed by atoms with E-state index in [1.807, 2.05) is 0 Å². The lowest BCUT2D eigenvalue weighted by molar-refractivity contribution is 0.285. The first-order valence-corrected chi connectivity index (χ1v) is 6.93. The van der Waals surface area contributed by atoms with Gasteiger partial charge in [-0.15, -0.1) is 0 Å². The molecule has 1 rings (SSSR count). The van der Waals surface area contributed by atoms with Crippen molar-refractivity contribution in [3.8, 4) is 0 Å². The molecule has 98 valence electrons. The van der Waals surface area contributed by atoms with Crippen molar-refractivity contribution < 1.29 is 5.11 Å². The zero-order valence-electron chi connectivity index (χ0n) is 10.6. The van der Waals surface area contributed by atoms with Gasteiger partial charge in [0.2, 0.25) is 0 Å². The number of hydrogen-bond donors (Lipinski definition) is 1. The summed E-state index contributed by atoms with van der Waals surface area (Å²) in [5, 5.41) is 10.4. The molecule has 0 aliphatic rings. The summed E-state index contributed by atoms with van der Waals surface area (Å²) < 4.78 is 0. The summed E-state index contributed by atoms with van der Waals surface area (Å²) in [6.45, 7) is 4.99. The molecule has 1 N–H and O–H groups in total. The highest BCUT2D eigenvalue weighted by atomic mass is 35.5. The summed E-state index contributed by atoms with van der Waals surface area (Å²) in [6, 6.07) is 0. The molecule has 0 saturated heterocycles. The van der Waals surface area contributed by atoms with Crippen molar-refractivity contribution in [2.24, 2.45) is 0 Å². The molecule has 0 atom stereocenters. The average Bonchev–Trinajstić information content (AvgIpc) is 2.65. The minimum absolute atomic E-state index is 0.0360. The van der Waals surface area contributed by atoms with E-state index >= 15 is 0 Å². The van der Waals surface area contributed by atoms with Crippen LogP contribution >= 0.6 is 22.9 Å². The first-order chi connectivity index (χ1) is 8.08. The van der Waals surface area contributed by atoms with Crippen molar-refractivity contribution >= 4 is 28.1 Å². The predicted octanol–water partition coefficient (Wildman–Crippen LogP) is 2.07. The van der Waals surface area contributed by atoms with Crippen LogP contribution in [0.15, 0.2) is 0 Å². The number of halogens is 1. The van der Waals surface area contributed by atoms with Crippen LogP contribution in [0.5, 0.6) is 0 Å². The fourth-order valence-corrected chi connectivity index (χ4v) is 2.73. The molecule has 0 bridgehead atoms. The van der Waals surface area contributed by atoms with Crippen molar-refractivity contribution in [1.29, 1.82) is 0 Å². The molecule has 1 aromatic heterocycles. The van der Waals surface area contributed by atoms with E-state index in [1.54, 1.807) is 0 Å². The number of aromatic nitrogens is 1. The third-order valence-corrected chi connectivity index (χ3v) is 3.99. The quantitative estimate of drug-likeness (QED) is 0.828. The van der Waals surface area contributed by atoms with Crippen molar-refractivity contribution in [1.82, 2.24) is 9.88 Å². The number of hydrogen-bond acceptors (Lipinski definition) is 5. The Morgan fingerprint density at radius 2 is 2.06 bits per heavy atom. The number of anilines is 1. The first-order valence-electron chi connectivity index (χ1n) is 5.74. The minimum atomic E-state index is -0.0360. The molecule has 17 heavy (non-hydrogen) atoms. The summed E-state index contributed by atoms with van der Waals surface area (Å²) in [6.07, 6.45) is 1.09. The highest BCUT2D eigenvalue weighted by Crippen LogP contribution is 2.29. The van der Waals surface area contributed by atoms with E-state index in [4.69, 9.17) is 16.7 Å². The van der Waals surface area contributed by atoms with Gasteiger partial charge in [0.25, 0.3) is 0 Å². The van der Waals surface area contributed by atoms with Crippen LogP contribution in [0.25, 0.3) is 0 Å². The first kappa shape index (κ1) is 14.7. The third-order valence-electron chi connectivity index (χ3n) is 2.47. The second kappa shape index (κ2) is 7.16. The van der Waals surface area contributed by atoms with Gasteiger partial charge >= 0.3 is 0 Å². The Morgan fingerprint density at radius 1 is 1.35 bits per heavy atom. The van der Waals surface area contributed by atoms with E-state index in [9.17, 15) is 0 Å². The van der Waals surface area contributed by atoms with Gasteiger partial charge in [-0.3, -0.25) is 0 Å². The van der Waals surface area contributed by atoms with Gasteiger partial charge in [-0.05, 0) is 34.0 Å². The zero-order valence-corrected chi connectivity index (χ0v) is 12.2. The van der Waals surface area contributed by atoms with Gasteiger partial charge in [0.1, 0.15) is 5.15 Å². The van der Waals surface area contributed by atoms with Gasteiger partial charge in [-0.1, -0.05) is 22.9 Å². The van der Waals surface area contributed by atoms with Crippen molar-refractivity contribution in [2.75, 3.05) is 38.6 Å². The fraction of sp³-hybridized carbons (Fsp3) is 0.727. The topological polar surface area (TPSA) is 39.6 Å². The van der Waals surface area contributed by atoms with Gasteiger partial charge in [-0.2, -0.15) is 0 Å². The molecule has 6 heteroatoms. The van der Waals surface area contributed by atoms with Crippen molar-refractivity contribution in [3.05, 3.63) is 10.0 Å². The van der Waals surface area contributed by atoms with E-state index in [2.05, 4.69) is 35.8 Å². The van der Waals surface area contributed by atoms with E-state index in [0.717, 1.165) is 36.1 Å². The summed E-state index contributed by atoms with van der Waals surface area (Å²) in [5.74, 6) is 0. The van der Waals surface area contributed by atoms with Crippen LogP contribution in [0.1, 0.15) is 18.2 Å². The van der Waals surface area contributed by atoms with Crippen LogP contribution in [0, 0.1) is 0 Å². The Balaban J connectivity index is 2.59. The number of aliphatic hydroxyl groups excluding tert-OH is 1. The molecule has 0 fully saturated rings. The lowest BCUT2D eigenvalue weighted by atomic mass is 10.4. The van der Waals surface area contributed by atoms with Crippen LogP contribution in [0.2, 0.25) is 5.15 Å². The van der Waals surface area contributed by atoms with Gasteiger partial charge in [0.15, 0.2) is 5.13 Å². The highest BCUT2D eigenvalue weighted by Gasteiger charge is 2.13. The lowest BCUT2D eigenvalue weighted by Gasteiger charge is -2.20. The Hall–Kier alpha value is -0.360. The minimum Gasteiger partial charge on any atom is -0.391 e. The molecular weight excluding hydrogens is 258 g/mol. The fourth-order valence-electron chi connectivity index (χ4n) is 1.52. The number of aliphatic hydroxyl groups is 1. The van der Waals surface area contributed by atoms with Crippen molar-refractivity contribution in [2.45, 2.75) is 20.0 Å². The summed E-state index contributed by atoms with van der Waals surface area (Å²) in [4.78, 5) is 9.39.